The van der Waals surface area contributed by atoms with Crippen molar-refractivity contribution in [3.8, 4) is 0 Å². The lowest BCUT2D eigenvalue weighted by molar-refractivity contribution is 0.111. The molecule has 0 saturated carbocycles. The Morgan fingerprint density at radius 2 is 2.30 bits per heavy atom. The first-order valence-corrected chi connectivity index (χ1v) is 5.99. The third-order valence-corrected chi connectivity index (χ3v) is 2.98. The summed E-state index contributed by atoms with van der Waals surface area (Å²) in [5.74, 6) is 0.228. The smallest absolute Gasteiger partial charge is 0.277 e. The first kappa shape index (κ1) is 14.3. The van der Waals surface area contributed by atoms with Gasteiger partial charge in [-0.25, -0.2) is 4.98 Å². The number of aliphatic hydroxyl groups excluding tert-OH is 3. The van der Waals surface area contributed by atoms with E-state index in [1.807, 2.05) is 0 Å². The Morgan fingerprint density at radius 1 is 1.55 bits per heavy atom. The Morgan fingerprint density at radius 3 is 2.95 bits per heavy atom. The van der Waals surface area contributed by atoms with E-state index in [9.17, 15) is 9.90 Å². The summed E-state index contributed by atoms with van der Waals surface area (Å²) < 4.78 is 1.65. The Balaban J connectivity index is 2.35. The fraction of sp³-hybridized carbons (Fsp3) is 0.333. The van der Waals surface area contributed by atoms with Gasteiger partial charge in [0.15, 0.2) is 5.52 Å². The molecule has 0 aliphatic rings. The maximum atomic E-state index is 11.6. The van der Waals surface area contributed by atoms with Gasteiger partial charge in [0.2, 0.25) is 0 Å². The summed E-state index contributed by atoms with van der Waals surface area (Å²) in [6, 6.07) is 1.58. The molecule has 0 aromatic carbocycles. The van der Waals surface area contributed by atoms with Gasteiger partial charge in [0, 0.05) is 12.6 Å². The largest absolute Gasteiger partial charge is 0.393 e. The normalized spacial score (nSPS) is 13.8. The highest BCUT2D eigenvalue weighted by atomic mass is 16.3. The maximum absolute atomic E-state index is 11.6. The van der Waals surface area contributed by atoms with Crippen LogP contribution in [0.15, 0.2) is 28.8 Å². The van der Waals surface area contributed by atoms with Crippen LogP contribution in [0.4, 0.5) is 5.82 Å². The molecule has 1 unspecified atom stereocenters. The number of H-pyrrole nitrogens is 1. The molecular weight excluding hydrogens is 264 g/mol. The van der Waals surface area contributed by atoms with E-state index in [-0.39, 0.29) is 30.0 Å². The van der Waals surface area contributed by atoms with Crippen molar-refractivity contribution in [2.75, 3.05) is 18.9 Å². The third-order valence-electron chi connectivity index (χ3n) is 2.98. The van der Waals surface area contributed by atoms with Crippen molar-refractivity contribution >= 4 is 16.9 Å². The van der Waals surface area contributed by atoms with Crippen molar-refractivity contribution in [3.05, 3.63) is 34.4 Å². The lowest BCUT2D eigenvalue weighted by atomic mass is 10.1. The number of nitrogens with one attached hydrogen (secondary N) is 1. The molecule has 2 aromatic rings. The zero-order valence-corrected chi connectivity index (χ0v) is 10.7. The van der Waals surface area contributed by atoms with E-state index in [1.165, 1.54) is 6.33 Å². The van der Waals surface area contributed by atoms with Gasteiger partial charge in [0.05, 0.1) is 25.1 Å². The molecule has 0 amide bonds. The minimum Gasteiger partial charge on any atom is -0.393 e. The van der Waals surface area contributed by atoms with Gasteiger partial charge < -0.3 is 30.6 Å². The summed E-state index contributed by atoms with van der Waals surface area (Å²) in [7, 11) is 0. The van der Waals surface area contributed by atoms with Crippen LogP contribution in [0.5, 0.6) is 0 Å². The summed E-state index contributed by atoms with van der Waals surface area (Å²) >= 11 is 0. The van der Waals surface area contributed by atoms with Crippen molar-refractivity contribution in [1.29, 1.82) is 0 Å². The molecule has 1 atom stereocenters. The van der Waals surface area contributed by atoms with Crippen LogP contribution in [0.3, 0.4) is 0 Å². The number of aliphatic hydroxyl groups is 3. The fourth-order valence-electron chi connectivity index (χ4n) is 1.88. The minimum atomic E-state index is -1.11. The summed E-state index contributed by atoms with van der Waals surface area (Å²) in [5, 5.41) is 27.4. The number of fused-ring (bicyclic) bond motifs is 1. The number of hydrogen-bond acceptors (Lipinski definition) is 6. The van der Waals surface area contributed by atoms with E-state index < -0.39 is 12.7 Å². The number of anilines is 1. The molecule has 0 radical (unpaired) electrons. The van der Waals surface area contributed by atoms with E-state index in [0.29, 0.717) is 11.1 Å². The molecule has 2 heterocycles. The van der Waals surface area contributed by atoms with Crippen LogP contribution in [-0.4, -0.2) is 49.2 Å². The second kappa shape index (κ2) is 5.87. The molecule has 8 nitrogen and oxygen atoms in total. The Hall–Kier alpha value is -2.16. The Kier molecular flexibility index (Phi) is 4.18. The number of pyridine rings is 1. The van der Waals surface area contributed by atoms with Crippen LogP contribution in [-0.2, 0) is 6.54 Å². The van der Waals surface area contributed by atoms with Crippen molar-refractivity contribution in [2.24, 2.45) is 0 Å². The van der Waals surface area contributed by atoms with E-state index in [4.69, 9.17) is 15.9 Å². The molecule has 0 aliphatic heterocycles. The van der Waals surface area contributed by atoms with Gasteiger partial charge >= 0.3 is 0 Å². The fourth-order valence-corrected chi connectivity index (χ4v) is 1.88. The van der Waals surface area contributed by atoms with Crippen molar-refractivity contribution in [3.63, 3.8) is 0 Å². The first-order chi connectivity index (χ1) is 9.56. The monoisotopic (exact) mass is 280 g/mol. The highest BCUT2D eigenvalue weighted by molar-refractivity contribution is 5.76. The highest BCUT2D eigenvalue weighted by Crippen LogP contribution is 2.11. The number of imidazole rings is 1. The second-order valence-electron chi connectivity index (χ2n) is 4.32. The number of nitrogens with zero attached hydrogens (tertiary/aromatic N) is 2. The molecule has 108 valence electrons. The molecule has 0 aliphatic carbocycles. The van der Waals surface area contributed by atoms with Gasteiger partial charge in [-0.2, -0.15) is 0 Å². The number of allylic oxidation sites excluding steroid dienone is 1. The van der Waals surface area contributed by atoms with Gasteiger partial charge in [-0.15, -0.1) is 0 Å². The molecule has 0 bridgehead atoms. The summed E-state index contributed by atoms with van der Waals surface area (Å²) in [6.07, 6.45) is 1.93. The molecular formula is C12H16N4O4. The number of aromatic amines is 1. The molecule has 20 heavy (non-hydrogen) atoms. The molecule has 6 N–H and O–H groups in total. The van der Waals surface area contributed by atoms with Crippen LogP contribution in [0.2, 0.25) is 0 Å². The number of nitrogens with two attached hydrogens (primary N) is 1. The zero-order valence-electron chi connectivity index (χ0n) is 10.7. The van der Waals surface area contributed by atoms with Gasteiger partial charge in [-0.1, -0.05) is 6.08 Å². The van der Waals surface area contributed by atoms with Gasteiger partial charge in [0.1, 0.15) is 11.9 Å². The van der Waals surface area contributed by atoms with Gasteiger partial charge in [-0.05, 0) is 5.57 Å². The molecule has 0 fully saturated rings. The maximum Gasteiger partial charge on any atom is 0.277 e. The standard InChI is InChI=1S/C12H16N4O4/c13-10-3-8-11(12(20)15-10)14-6-16(8)2-1-7(4-17)9(19)5-18/h1,3,6,9,17-19H,2,4-5H2,(H3,13,15,20)/b7-1-. The van der Waals surface area contributed by atoms with Crippen LogP contribution in [0.1, 0.15) is 0 Å². The molecule has 2 rings (SSSR count). The summed E-state index contributed by atoms with van der Waals surface area (Å²) in [6.45, 7) is -0.549. The van der Waals surface area contributed by atoms with E-state index in [0.717, 1.165) is 0 Å². The Labute approximate surface area is 113 Å². The first-order valence-electron chi connectivity index (χ1n) is 5.99. The molecule has 0 saturated heterocycles. The quantitative estimate of drug-likeness (QED) is 0.426. The average Bonchev–Trinajstić information content (AvgIpc) is 2.82. The van der Waals surface area contributed by atoms with Crippen molar-refractivity contribution in [2.45, 2.75) is 12.6 Å². The third kappa shape index (κ3) is 2.72. The average molecular weight is 280 g/mol. The molecule has 2 aromatic heterocycles. The summed E-state index contributed by atoms with van der Waals surface area (Å²) in [4.78, 5) is 18.1. The van der Waals surface area contributed by atoms with E-state index in [1.54, 1.807) is 16.7 Å². The predicted molar refractivity (Wildman–Crippen MR) is 73.0 cm³/mol. The van der Waals surface area contributed by atoms with Gasteiger partial charge in [-0.3, -0.25) is 4.79 Å². The van der Waals surface area contributed by atoms with Crippen LogP contribution >= 0.6 is 0 Å². The molecule has 8 heteroatoms. The van der Waals surface area contributed by atoms with Crippen LogP contribution in [0.25, 0.3) is 11.0 Å². The molecule has 0 spiro atoms. The number of rotatable bonds is 5. The van der Waals surface area contributed by atoms with Crippen molar-refractivity contribution < 1.29 is 15.3 Å². The zero-order chi connectivity index (χ0) is 14.7. The predicted octanol–water partition coefficient (Wildman–Crippen LogP) is -1.42. The highest BCUT2D eigenvalue weighted by Gasteiger charge is 2.10. The van der Waals surface area contributed by atoms with E-state index in [2.05, 4.69) is 9.97 Å². The Bertz CT molecular complexity index is 688. The van der Waals surface area contributed by atoms with Gasteiger partial charge in [0.25, 0.3) is 5.56 Å². The minimum absolute atomic E-state index is 0.228. The van der Waals surface area contributed by atoms with Crippen LogP contribution < -0.4 is 11.3 Å². The topological polar surface area (TPSA) is 137 Å². The number of nitrogen functional groups attached to an aromatic ring is 1. The number of hydrogen-bond donors (Lipinski definition) is 5. The second-order valence-corrected chi connectivity index (χ2v) is 4.32. The van der Waals surface area contributed by atoms with Crippen LogP contribution in [0, 0.1) is 0 Å². The summed E-state index contributed by atoms with van der Waals surface area (Å²) in [5.41, 5.74) is 6.32. The SMILES string of the molecule is Nc1cc2c(ncn2C/C=C(/CO)C(O)CO)c(=O)[nH]1. The van der Waals surface area contributed by atoms with Crippen molar-refractivity contribution in [1.82, 2.24) is 14.5 Å². The number of aromatic nitrogens is 3. The van der Waals surface area contributed by atoms with E-state index >= 15 is 0 Å². The lowest BCUT2D eigenvalue weighted by Crippen LogP contribution is -2.18. The lowest BCUT2D eigenvalue weighted by Gasteiger charge is -2.10.